The van der Waals surface area contributed by atoms with Crippen molar-refractivity contribution in [1.82, 2.24) is 14.7 Å². The van der Waals surface area contributed by atoms with E-state index in [1.54, 1.807) is 0 Å². The molecule has 0 spiro atoms. The largest absolute Gasteiger partial charge is 0.480 e. The van der Waals surface area contributed by atoms with Crippen LogP contribution in [0.4, 0.5) is 18.0 Å². The highest BCUT2D eigenvalue weighted by Gasteiger charge is 2.40. The SMILES string of the molecule is CN(CC(=O)O)C(=O)C(Cc1ccc(C(F)(F)F)cc1)N1CCCCC[C@H](N(C)C(=O)OCC2c3ccccc3-c3ccccc32)C1=O. The highest BCUT2D eigenvalue weighted by atomic mass is 19.4. The molecule has 1 fully saturated rings. The van der Waals surface area contributed by atoms with Gasteiger partial charge in [-0.1, -0.05) is 73.5 Å². The Hall–Kier alpha value is -4.87. The van der Waals surface area contributed by atoms with E-state index >= 15 is 0 Å². The molecule has 9 nitrogen and oxygen atoms in total. The molecule has 0 aromatic heterocycles. The van der Waals surface area contributed by atoms with Crippen LogP contribution in [-0.2, 0) is 31.7 Å². The van der Waals surface area contributed by atoms with Crippen molar-refractivity contribution in [1.29, 1.82) is 0 Å². The third-order valence-corrected chi connectivity index (χ3v) is 9.16. The van der Waals surface area contributed by atoms with Crippen LogP contribution in [0.5, 0.6) is 0 Å². The van der Waals surface area contributed by atoms with Gasteiger partial charge in [0.25, 0.3) is 0 Å². The molecule has 2 atom stereocenters. The number of halogens is 3. The van der Waals surface area contributed by atoms with Gasteiger partial charge >= 0.3 is 18.2 Å². The Labute approximate surface area is 276 Å². The molecule has 12 heteroatoms. The van der Waals surface area contributed by atoms with Crippen molar-refractivity contribution < 1.29 is 42.2 Å². The summed E-state index contributed by atoms with van der Waals surface area (Å²) in [5.74, 6) is -2.63. The molecule has 1 N–H and O–H groups in total. The van der Waals surface area contributed by atoms with Crippen LogP contribution in [-0.4, -0.2) is 89.6 Å². The zero-order valence-electron chi connectivity index (χ0n) is 26.8. The third-order valence-electron chi connectivity index (χ3n) is 9.16. The average molecular weight is 666 g/mol. The van der Waals surface area contributed by atoms with Crippen LogP contribution < -0.4 is 0 Å². The molecule has 48 heavy (non-hydrogen) atoms. The quantitative estimate of drug-likeness (QED) is 0.309. The van der Waals surface area contributed by atoms with Crippen LogP contribution in [0.15, 0.2) is 72.8 Å². The molecule has 2 aliphatic rings. The number of ether oxygens (including phenoxy) is 1. The first-order valence-corrected chi connectivity index (χ1v) is 15.9. The maximum absolute atomic E-state index is 14.2. The van der Waals surface area contributed by atoms with Gasteiger partial charge in [-0.05, 0) is 52.8 Å². The van der Waals surface area contributed by atoms with Crippen molar-refractivity contribution >= 4 is 23.9 Å². The molecule has 1 heterocycles. The molecule has 1 saturated heterocycles. The summed E-state index contributed by atoms with van der Waals surface area (Å²) in [6.07, 6.45) is -3.20. The van der Waals surface area contributed by atoms with Crippen molar-refractivity contribution in [2.75, 3.05) is 33.8 Å². The average Bonchev–Trinajstić information content (AvgIpc) is 3.37. The van der Waals surface area contributed by atoms with Gasteiger partial charge in [0.1, 0.15) is 25.2 Å². The smallest absolute Gasteiger partial charge is 0.416 e. The number of aliphatic carboxylic acids is 1. The van der Waals surface area contributed by atoms with Gasteiger partial charge in [-0.3, -0.25) is 19.3 Å². The number of amides is 3. The lowest BCUT2D eigenvalue weighted by Crippen LogP contribution is -2.58. The summed E-state index contributed by atoms with van der Waals surface area (Å²) >= 11 is 0. The van der Waals surface area contributed by atoms with E-state index in [4.69, 9.17) is 4.74 Å². The lowest BCUT2D eigenvalue weighted by Gasteiger charge is -2.39. The summed E-state index contributed by atoms with van der Waals surface area (Å²) in [6, 6.07) is 18.0. The summed E-state index contributed by atoms with van der Waals surface area (Å²) in [7, 11) is 2.77. The number of alkyl halides is 3. The Kier molecular flexibility index (Phi) is 10.4. The second kappa shape index (κ2) is 14.5. The number of benzene rings is 3. The summed E-state index contributed by atoms with van der Waals surface area (Å²) < 4.78 is 45.4. The summed E-state index contributed by atoms with van der Waals surface area (Å²) in [6.45, 7) is -0.434. The van der Waals surface area contributed by atoms with E-state index in [0.29, 0.717) is 31.2 Å². The summed E-state index contributed by atoms with van der Waals surface area (Å²) in [5, 5.41) is 9.33. The van der Waals surface area contributed by atoms with Crippen molar-refractivity contribution in [2.24, 2.45) is 0 Å². The van der Waals surface area contributed by atoms with Gasteiger partial charge in [-0.25, -0.2) is 4.79 Å². The van der Waals surface area contributed by atoms with E-state index in [2.05, 4.69) is 0 Å². The first-order chi connectivity index (χ1) is 22.9. The topological polar surface area (TPSA) is 107 Å². The lowest BCUT2D eigenvalue weighted by atomic mass is 9.97. The van der Waals surface area contributed by atoms with Gasteiger partial charge in [0.15, 0.2) is 0 Å². The minimum Gasteiger partial charge on any atom is -0.480 e. The fourth-order valence-electron chi connectivity index (χ4n) is 6.63. The van der Waals surface area contributed by atoms with E-state index in [-0.39, 0.29) is 25.5 Å². The van der Waals surface area contributed by atoms with Crippen LogP contribution in [0, 0.1) is 0 Å². The molecule has 1 unspecified atom stereocenters. The zero-order chi connectivity index (χ0) is 34.6. The van der Waals surface area contributed by atoms with Gasteiger partial charge in [-0.15, -0.1) is 0 Å². The summed E-state index contributed by atoms with van der Waals surface area (Å²) in [5.41, 5.74) is 3.73. The van der Waals surface area contributed by atoms with Crippen LogP contribution >= 0.6 is 0 Å². The van der Waals surface area contributed by atoms with Crippen molar-refractivity contribution in [3.8, 4) is 11.1 Å². The van der Waals surface area contributed by atoms with Crippen LogP contribution in [0.3, 0.4) is 0 Å². The Morgan fingerprint density at radius 1 is 0.917 bits per heavy atom. The fraction of sp³-hybridized carbons (Fsp3) is 0.389. The van der Waals surface area contributed by atoms with E-state index in [0.717, 1.165) is 39.3 Å². The molecule has 0 bridgehead atoms. The molecule has 0 saturated carbocycles. The number of nitrogens with zero attached hydrogens (tertiary/aromatic N) is 3. The second-order valence-corrected chi connectivity index (χ2v) is 12.3. The van der Waals surface area contributed by atoms with Crippen LogP contribution in [0.1, 0.15) is 53.9 Å². The number of fused-ring (bicyclic) bond motifs is 3. The van der Waals surface area contributed by atoms with Gasteiger partial charge in [0, 0.05) is 33.0 Å². The molecular weight excluding hydrogens is 627 g/mol. The van der Waals surface area contributed by atoms with Crippen molar-refractivity contribution in [2.45, 2.75) is 56.3 Å². The minimum atomic E-state index is -4.55. The highest BCUT2D eigenvalue weighted by Crippen LogP contribution is 2.44. The monoisotopic (exact) mass is 665 g/mol. The Morgan fingerprint density at radius 3 is 2.10 bits per heavy atom. The molecule has 3 aromatic rings. The van der Waals surface area contributed by atoms with Gasteiger partial charge < -0.3 is 19.6 Å². The van der Waals surface area contributed by atoms with Gasteiger partial charge in [-0.2, -0.15) is 13.2 Å². The van der Waals surface area contributed by atoms with E-state index in [1.165, 1.54) is 36.0 Å². The Morgan fingerprint density at radius 2 is 1.52 bits per heavy atom. The lowest BCUT2D eigenvalue weighted by molar-refractivity contribution is -0.151. The molecule has 254 valence electrons. The van der Waals surface area contributed by atoms with E-state index in [9.17, 15) is 37.5 Å². The van der Waals surface area contributed by atoms with Crippen LogP contribution in [0.25, 0.3) is 11.1 Å². The number of likely N-dealkylation sites (N-methyl/N-ethyl adjacent to an activating group) is 2. The summed E-state index contributed by atoms with van der Waals surface area (Å²) in [4.78, 5) is 56.5. The highest BCUT2D eigenvalue weighted by molar-refractivity contribution is 5.92. The number of rotatable bonds is 9. The van der Waals surface area contributed by atoms with Gasteiger partial charge in [0.2, 0.25) is 11.8 Å². The number of carbonyl (C=O) groups excluding carboxylic acids is 3. The standard InChI is InChI=1S/C36H38F3N3O6/c1-40(21-32(43)44)33(45)31(20-23-15-17-24(18-16-23)36(37,38)39)42-19-9-3-4-14-30(34(42)46)41(2)35(47)48-22-29-27-12-7-5-10-25(27)26-11-6-8-13-28(26)29/h5-8,10-13,15-18,29-31H,3-4,9,14,19-22H2,1-2H3,(H,43,44)/t30-,31?/m0/s1. The Bertz CT molecular complexity index is 1620. The maximum atomic E-state index is 14.2. The van der Waals surface area contributed by atoms with E-state index < -0.39 is 54.2 Å². The predicted octanol–water partition coefficient (Wildman–Crippen LogP) is 5.81. The Balaban J connectivity index is 1.36. The zero-order valence-corrected chi connectivity index (χ0v) is 26.8. The molecule has 1 aliphatic heterocycles. The van der Waals surface area contributed by atoms with Gasteiger partial charge in [0.05, 0.1) is 5.56 Å². The minimum absolute atomic E-state index is 0.0524. The molecule has 3 aromatic carbocycles. The third kappa shape index (κ3) is 7.48. The van der Waals surface area contributed by atoms with Crippen molar-refractivity contribution in [3.05, 3.63) is 95.1 Å². The maximum Gasteiger partial charge on any atom is 0.416 e. The number of likely N-dealkylation sites (tertiary alicyclic amines) is 1. The number of hydrogen-bond donors (Lipinski definition) is 1. The fourth-order valence-corrected chi connectivity index (χ4v) is 6.63. The second-order valence-electron chi connectivity index (χ2n) is 12.3. The van der Waals surface area contributed by atoms with Crippen LogP contribution in [0.2, 0.25) is 0 Å². The molecule has 1 aliphatic carbocycles. The number of carbonyl (C=O) groups is 4. The first-order valence-electron chi connectivity index (χ1n) is 15.9. The van der Waals surface area contributed by atoms with Crippen molar-refractivity contribution in [3.63, 3.8) is 0 Å². The number of hydrogen-bond acceptors (Lipinski definition) is 5. The number of carboxylic acid groups (broad SMARTS) is 1. The number of carboxylic acids is 1. The first kappa shape index (κ1) is 34.5. The molecular formula is C36H38F3N3O6. The molecule has 3 amide bonds. The molecule has 5 rings (SSSR count). The molecule has 0 radical (unpaired) electrons. The van der Waals surface area contributed by atoms with E-state index in [1.807, 2.05) is 48.5 Å². The normalized spacial score (nSPS) is 17.1. The predicted molar refractivity (Wildman–Crippen MR) is 171 cm³/mol.